The van der Waals surface area contributed by atoms with Crippen molar-refractivity contribution in [2.45, 2.75) is 39.5 Å². The largest absolute Gasteiger partial charge is 0.259 e. The van der Waals surface area contributed by atoms with E-state index in [1.165, 1.54) is 24.8 Å². The van der Waals surface area contributed by atoms with Crippen molar-refractivity contribution in [3.05, 3.63) is 53.9 Å². The molecule has 0 aliphatic carbocycles. The molecule has 0 fully saturated rings. The Labute approximate surface area is 120 Å². The van der Waals surface area contributed by atoms with Crippen molar-refractivity contribution in [1.29, 1.82) is 0 Å². The van der Waals surface area contributed by atoms with E-state index in [9.17, 15) is 0 Å². The average Bonchev–Trinajstić information content (AvgIpc) is 2.48. The van der Waals surface area contributed by atoms with Gasteiger partial charge in [-0.1, -0.05) is 37.5 Å². The Bertz CT molecular complexity index is 541. The summed E-state index contributed by atoms with van der Waals surface area (Å²) in [5, 5.41) is 8.41. The fourth-order valence-electron chi connectivity index (χ4n) is 1.91. The first-order chi connectivity index (χ1) is 9.78. The van der Waals surface area contributed by atoms with Gasteiger partial charge in [-0.05, 0) is 44.0 Å². The van der Waals surface area contributed by atoms with Gasteiger partial charge in [-0.2, -0.15) is 5.11 Å². The molecule has 3 heteroatoms. The maximum atomic E-state index is 4.42. The zero-order valence-electron chi connectivity index (χ0n) is 12.2. The Hall–Kier alpha value is -2.03. The van der Waals surface area contributed by atoms with Gasteiger partial charge in [-0.25, -0.2) is 0 Å². The third kappa shape index (κ3) is 4.57. The quantitative estimate of drug-likeness (QED) is 0.500. The number of benzene rings is 1. The van der Waals surface area contributed by atoms with E-state index < -0.39 is 0 Å². The second kappa shape index (κ2) is 7.53. The van der Waals surface area contributed by atoms with Crippen LogP contribution in [0.2, 0.25) is 0 Å². The van der Waals surface area contributed by atoms with Crippen molar-refractivity contribution in [2.24, 2.45) is 10.2 Å². The molecule has 0 aliphatic heterocycles. The number of azo groups is 1. The second-order valence-corrected chi connectivity index (χ2v) is 5.00. The molecule has 104 valence electrons. The van der Waals surface area contributed by atoms with Gasteiger partial charge in [0.2, 0.25) is 0 Å². The maximum absolute atomic E-state index is 4.42. The second-order valence-electron chi connectivity index (χ2n) is 5.00. The minimum atomic E-state index is 0.796. The monoisotopic (exact) mass is 267 g/mol. The highest BCUT2D eigenvalue weighted by Crippen LogP contribution is 2.18. The molecule has 0 radical (unpaired) electrons. The Morgan fingerprint density at radius 1 is 0.900 bits per heavy atom. The summed E-state index contributed by atoms with van der Waals surface area (Å²) in [4.78, 5) is 4.42. The van der Waals surface area contributed by atoms with Crippen LogP contribution in [0.25, 0.3) is 0 Å². The molecular weight excluding hydrogens is 246 g/mol. The molecule has 0 spiro atoms. The van der Waals surface area contributed by atoms with Crippen LogP contribution < -0.4 is 0 Å². The molecule has 0 saturated carbocycles. The van der Waals surface area contributed by atoms with E-state index in [0.717, 1.165) is 23.5 Å². The molecule has 0 atom stereocenters. The Balaban J connectivity index is 1.94. The summed E-state index contributed by atoms with van der Waals surface area (Å²) < 4.78 is 0. The molecule has 0 aliphatic rings. The topological polar surface area (TPSA) is 37.6 Å². The van der Waals surface area contributed by atoms with Crippen molar-refractivity contribution in [3.63, 3.8) is 0 Å². The molecule has 1 aromatic heterocycles. The summed E-state index contributed by atoms with van der Waals surface area (Å²) in [5.74, 6) is 0. The van der Waals surface area contributed by atoms with Crippen LogP contribution in [0.5, 0.6) is 0 Å². The number of hydrogen-bond donors (Lipinski definition) is 0. The number of hydrogen-bond acceptors (Lipinski definition) is 3. The van der Waals surface area contributed by atoms with E-state index in [2.05, 4.69) is 29.1 Å². The third-order valence-corrected chi connectivity index (χ3v) is 3.16. The van der Waals surface area contributed by atoms with Gasteiger partial charge in [0.25, 0.3) is 0 Å². The number of rotatable bonds is 6. The lowest BCUT2D eigenvalue weighted by Crippen LogP contribution is -1.88. The molecule has 3 nitrogen and oxygen atoms in total. The summed E-state index contributed by atoms with van der Waals surface area (Å²) in [6.45, 7) is 4.27. The fraction of sp³-hybridized carbons (Fsp3) is 0.353. The molecule has 0 bridgehead atoms. The zero-order chi connectivity index (χ0) is 14.2. The zero-order valence-corrected chi connectivity index (χ0v) is 12.2. The van der Waals surface area contributed by atoms with E-state index >= 15 is 0 Å². The van der Waals surface area contributed by atoms with E-state index in [0.29, 0.717) is 0 Å². The number of pyridine rings is 1. The maximum Gasteiger partial charge on any atom is 0.104 e. The van der Waals surface area contributed by atoms with E-state index in [1.54, 1.807) is 6.20 Å². The van der Waals surface area contributed by atoms with Crippen LogP contribution in [0, 0.1) is 6.92 Å². The number of nitrogens with zero attached hydrogens (tertiary/aromatic N) is 3. The van der Waals surface area contributed by atoms with Crippen molar-refractivity contribution in [2.75, 3.05) is 0 Å². The normalized spacial score (nSPS) is 11.1. The van der Waals surface area contributed by atoms with Crippen LogP contribution >= 0.6 is 0 Å². The van der Waals surface area contributed by atoms with Crippen molar-refractivity contribution >= 4 is 11.4 Å². The van der Waals surface area contributed by atoms with Crippen molar-refractivity contribution in [1.82, 2.24) is 4.98 Å². The minimum Gasteiger partial charge on any atom is -0.259 e. The summed E-state index contributed by atoms with van der Waals surface area (Å²) in [6, 6.07) is 12.0. The van der Waals surface area contributed by atoms with Crippen molar-refractivity contribution < 1.29 is 0 Å². The van der Waals surface area contributed by atoms with Crippen LogP contribution in [0.15, 0.2) is 52.8 Å². The van der Waals surface area contributed by atoms with Crippen LogP contribution in [0.1, 0.15) is 37.4 Å². The molecule has 1 heterocycles. The van der Waals surface area contributed by atoms with Gasteiger partial charge >= 0.3 is 0 Å². The molecule has 0 amide bonds. The average molecular weight is 267 g/mol. The lowest BCUT2D eigenvalue weighted by molar-refractivity contribution is 0.707. The summed E-state index contributed by atoms with van der Waals surface area (Å²) in [6.07, 6.45) is 6.54. The smallest absolute Gasteiger partial charge is 0.104 e. The van der Waals surface area contributed by atoms with E-state index in [-0.39, 0.29) is 0 Å². The van der Waals surface area contributed by atoms with E-state index in [4.69, 9.17) is 0 Å². The lowest BCUT2D eigenvalue weighted by Gasteiger charge is -1.99. The predicted molar refractivity (Wildman–Crippen MR) is 82.8 cm³/mol. The van der Waals surface area contributed by atoms with Crippen molar-refractivity contribution in [3.8, 4) is 0 Å². The van der Waals surface area contributed by atoms with Crippen LogP contribution in [-0.2, 0) is 6.42 Å². The molecule has 20 heavy (non-hydrogen) atoms. The molecular formula is C17H21N3. The number of unbranched alkanes of at least 4 members (excludes halogenated alkanes) is 2. The third-order valence-electron chi connectivity index (χ3n) is 3.16. The first-order valence-corrected chi connectivity index (χ1v) is 7.21. The molecule has 0 N–H and O–H groups in total. The Morgan fingerprint density at radius 3 is 2.25 bits per heavy atom. The van der Waals surface area contributed by atoms with Crippen LogP contribution in [-0.4, -0.2) is 4.98 Å². The van der Waals surface area contributed by atoms with Crippen LogP contribution in [0.3, 0.4) is 0 Å². The highest BCUT2D eigenvalue weighted by molar-refractivity contribution is 5.40. The SMILES string of the molecule is CCCCCc1ccc(N=Nc2ccc(C)cc2)cn1. The van der Waals surface area contributed by atoms with Gasteiger partial charge in [0.1, 0.15) is 5.69 Å². The molecule has 0 saturated heterocycles. The highest BCUT2D eigenvalue weighted by Gasteiger charge is 1.96. The summed E-state index contributed by atoms with van der Waals surface area (Å²) in [5.41, 5.74) is 4.02. The predicted octanol–water partition coefficient (Wildman–Crippen LogP) is 5.54. The van der Waals surface area contributed by atoms with Gasteiger partial charge in [0.05, 0.1) is 11.9 Å². The minimum absolute atomic E-state index is 0.796. The highest BCUT2D eigenvalue weighted by atomic mass is 15.1. The molecule has 1 aromatic carbocycles. The van der Waals surface area contributed by atoms with Gasteiger partial charge in [-0.15, -0.1) is 5.11 Å². The number of aryl methyl sites for hydroxylation is 2. The molecule has 2 aromatic rings. The lowest BCUT2D eigenvalue weighted by atomic mass is 10.1. The molecule has 2 rings (SSSR count). The number of aromatic nitrogens is 1. The fourth-order valence-corrected chi connectivity index (χ4v) is 1.91. The summed E-state index contributed by atoms with van der Waals surface area (Å²) in [7, 11) is 0. The summed E-state index contributed by atoms with van der Waals surface area (Å²) >= 11 is 0. The van der Waals surface area contributed by atoms with Crippen LogP contribution in [0.4, 0.5) is 11.4 Å². The van der Waals surface area contributed by atoms with Gasteiger partial charge in [0, 0.05) is 5.69 Å². The molecule has 0 unspecified atom stereocenters. The first-order valence-electron chi connectivity index (χ1n) is 7.21. The first kappa shape index (κ1) is 14.4. The van der Waals surface area contributed by atoms with Gasteiger partial charge < -0.3 is 0 Å². The standard InChI is InChI=1S/C17H21N3/c1-3-4-5-6-15-11-12-17(13-18-15)20-19-16-9-7-14(2)8-10-16/h7-13H,3-6H2,1-2H3. The van der Waals surface area contributed by atoms with E-state index in [1.807, 2.05) is 36.4 Å². The Kier molecular flexibility index (Phi) is 5.42. The van der Waals surface area contributed by atoms with Gasteiger partial charge in [-0.3, -0.25) is 4.98 Å². The Morgan fingerprint density at radius 2 is 1.60 bits per heavy atom. The van der Waals surface area contributed by atoms with Gasteiger partial charge in [0.15, 0.2) is 0 Å².